The minimum atomic E-state index is -0.328. The summed E-state index contributed by atoms with van der Waals surface area (Å²) in [6, 6.07) is 5.32. The first kappa shape index (κ1) is 10.5. The van der Waals surface area contributed by atoms with E-state index in [0.29, 0.717) is 23.2 Å². The number of H-pyrrole nitrogens is 1. The van der Waals surface area contributed by atoms with Crippen molar-refractivity contribution in [1.82, 2.24) is 24.7 Å². The second-order valence-electron chi connectivity index (χ2n) is 4.69. The van der Waals surface area contributed by atoms with E-state index in [1.54, 1.807) is 6.07 Å². The lowest BCUT2D eigenvalue weighted by Gasteiger charge is -2.04. The number of fused-ring (bicyclic) bond motifs is 1. The lowest BCUT2D eigenvalue weighted by atomic mass is 10.3. The zero-order valence-electron chi connectivity index (χ0n) is 9.97. The molecule has 2 aromatic heterocycles. The highest BCUT2D eigenvalue weighted by Crippen LogP contribution is 2.40. The van der Waals surface area contributed by atoms with Gasteiger partial charge in [-0.15, -0.1) is 5.10 Å². The molecule has 7 heteroatoms. The number of nitrogens with one attached hydrogen (secondary N) is 1. The molecule has 0 unspecified atom stereocenters. The second kappa shape index (κ2) is 3.53. The smallest absolute Gasteiger partial charge is 0.239 e. The Morgan fingerprint density at radius 2 is 2.16 bits per heavy atom. The van der Waals surface area contributed by atoms with Crippen LogP contribution in [0.25, 0.3) is 22.7 Å². The minimum absolute atomic E-state index is 0.157. The number of aromatic nitrogens is 5. The van der Waals surface area contributed by atoms with E-state index in [4.69, 9.17) is 5.73 Å². The fourth-order valence-electron chi connectivity index (χ4n) is 2.33. The molecule has 1 fully saturated rings. The van der Waals surface area contributed by atoms with Gasteiger partial charge in [0.1, 0.15) is 5.52 Å². The Labute approximate surface area is 107 Å². The molecule has 0 bridgehead atoms. The molecule has 1 aliphatic rings. The van der Waals surface area contributed by atoms with Crippen molar-refractivity contribution >= 4 is 17.0 Å². The van der Waals surface area contributed by atoms with E-state index >= 15 is 0 Å². The van der Waals surface area contributed by atoms with Crippen LogP contribution in [-0.2, 0) is 0 Å². The Hall–Kier alpha value is -2.44. The first-order chi connectivity index (χ1) is 9.24. The van der Waals surface area contributed by atoms with E-state index in [1.165, 1.54) is 6.07 Å². The van der Waals surface area contributed by atoms with Gasteiger partial charge in [-0.05, 0) is 25.0 Å². The summed E-state index contributed by atoms with van der Waals surface area (Å²) in [7, 11) is 0. The Morgan fingerprint density at radius 3 is 2.84 bits per heavy atom. The number of aromatic amines is 1. The Bertz CT molecular complexity index is 770. The number of nitrogen functional groups attached to an aromatic ring is 1. The van der Waals surface area contributed by atoms with Gasteiger partial charge in [-0.2, -0.15) is 4.98 Å². The van der Waals surface area contributed by atoms with E-state index in [2.05, 4.69) is 20.2 Å². The summed E-state index contributed by atoms with van der Waals surface area (Å²) in [5.74, 6) is 0.891. The standard InChI is InChI=1S/C12H11FN6/c13-7-2-1-3-8-9(7)15-11(19(8)6-4-5-6)10-16-12(14)18-17-10/h1-3,6H,4-5H2,(H3,14,16,17,18). The molecule has 19 heavy (non-hydrogen) atoms. The Balaban J connectivity index is 2.04. The number of hydrogen-bond donors (Lipinski definition) is 2. The predicted octanol–water partition coefficient (Wildman–Crippen LogP) is 1.88. The molecule has 0 spiro atoms. The minimum Gasteiger partial charge on any atom is -0.366 e. The number of rotatable bonds is 2. The molecule has 0 saturated heterocycles. The third-order valence-corrected chi connectivity index (χ3v) is 3.30. The molecule has 0 aliphatic heterocycles. The van der Waals surface area contributed by atoms with E-state index in [0.717, 1.165) is 18.4 Å². The molecule has 1 aliphatic carbocycles. The Morgan fingerprint density at radius 1 is 1.32 bits per heavy atom. The monoisotopic (exact) mass is 258 g/mol. The molecule has 1 saturated carbocycles. The van der Waals surface area contributed by atoms with Crippen LogP contribution in [0.4, 0.5) is 10.3 Å². The average Bonchev–Trinajstić information content (AvgIpc) is 3.01. The summed E-state index contributed by atoms with van der Waals surface area (Å²) in [6.45, 7) is 0. The number of benzene rings is 1. The van der Waals surface area contributed by atoms with Crippen molar-refractivity contribution < 1.29 is 4.39 Å². The number of anilines is 1. The van der Waals surface area contributed by atoms with Gasteiger partial charge in [0.15, 0.2) is 17.5 Å². The summed E-state index contributed by atoms with van der Waals surface area (Å²) >= 11 is 0. The maximum atomic E-state index is 13.8. The van der Waals surface area contributed by atoms with Crippen LogP contribution in [0, 0.1) is 5.82 Å². The van der Waals surface area contributed by atoms with Crippen molar-refractivity contribution in [2.75, 3.05) is 5.73 Å². The van der Waals surface area contributed by atoms with Gasteiger partial charge in [-0.3, -0.25) is 5.10 Å². The van der Waals surface area contributed by atoms with Gasteiger partial charge in [0, 0.05) is 6.04 Å². The van der Waals surface area contributed by atoms with Crippen molar-refractivity contribution in [3.8, 4) is 11.6 Å². The molecular formula is C12H11FN6. The molecule has 1 aromatic carbocycles. The maximum absolute atomic E-state index is 13.8. The van der Waals surface area contributed by atoms with Gasteiger partial charge in [-0.1, -0.05) is 6.07 Å². The SMILES string of the molecule is Nc1n[nH]c(-c2nc3c(F)cccc3n2C2CC2)n1. The lowest BCUT2D eigenvalue weighted by Crippen LogP contribution is -1.98. The van der Waals surface area contributed by atoms with Crippen molar-refractivity contribution in [1.29, 1.82) is 0 Å². The van der Waals surface area contributed by atoms with Gasteiger partial charge in [0.05, 0.1) is 5.52 Å². The fraction of sp³-hybridized carbons (Fsp3) is 0.250. The van der Waals surface area contributed by atoms with E-state index in [9.17, 15) is 4.39 Å². The Kier molecular flexibility index (Phi) is 1.95. The quantitative estimate of drug-likeness (QED) is 0.734. The van der Waals surface area contributed by atoms with Crippen LogP contribution in [-0.4, -0.2) is 24.7 Å². The van der Waals surface area contributed by atoms with Crippen LogP contribution in [0.2, 0.25) is 0 Å². The van der Waals surface area contributed by atoms with Crippen molar-refractivity contribution in [3.63, 3.8) is 0 Å². The van der Waals surface area contributed by atoms with Crippen LogP contribution in [0.3, 0.4) is 0 Å². The molecule has 3 aromatic rings. The average molecular weight is 258 g/mol. The summed E-state index contributed by atoms with van der Waals surface area (Å²) in [5, 5.41) is 6.53. The van der Waals surface area contributed by atoms with Crippen LogP contribution in [0.15, 0.2) is 18.2 Å². The van der Waals surface area contributed by atoms with Crippen molar-refractivity contribution in [3.05, 3.63) is 24.0 Å². The first-order valence-electron chi connectivity index (χ1n) is 6.09. The second-order valence-corrected chi connectivity index (χ2v) is 4.69. The summed E-state index contributed by atoms with van der Waals surface area (Å²) in [6.07, 6.45) is 2.14. The van der Waals surface area contributed by atoms with Crippen molar-refractivity contribution in [2.45, 2.75) is 18.9 Å². The molecular weight excluding hydrogens is 247 g/mol. The van der Waals surface area contributed by atoms with Gasteiger partial charge in [0.2, 0.25) is 5.95 Å². The van der Waals surface area contributed by atoms with Crippen LogP contribution >= 0.6 is 0 Å². The molecule has 0 amide bonds. The van der Waals surface area contributed by atoms with Gasteiger partial charge in [-0.25, -0.2) is 9.37 Å². The third kappa shape index (κ3) is 1.51. The molecule has 3 N–H and O–H groups in total. The number of imidazole rings is 1. The fourth-order valence-corrected chi connectivity index (χ4v) is 2.33. The number of halogens is 1. The maximum Gasteiger partial charge on any atom is 0.239 e. The summed E-state index contributed by atoms with van der Waals surface area (Å²) < 4.78 is 15.8. The lowest BCUT2D eigenvalue weighted by molar-refractivity contribution is 0.637. The normalized spacial score (nSPS) is 15.2. The largest absolute Gasteiger partial charge is 0.366 e. The van der Waals surface area contributed by atoms with E-state index in [1.807, 2.05) is 10.6 Å². The molecule has 2 heterocycles. The van der Waals surface area contributed by atoms with Crippen LogP contribution in [0.1, 0.15) is 18.9 Å². The summed E-state index contributed by atoms with van der Waals surface area (Å²) in [4.78, 5) is 8.44. The first-order valence-corrected chi connectivity index (χ1v) is 6.09. The van der Waals surface area contributed by atoms with Crippen LogP contribution in [0.5, 0.6) is 0 Å². The molecule has 6 nitrogen and oxygen atoms in total. The van der Waals surface area contributed by atoms with Gasteiger partial charge >= 0.3 is 0 Å². The third-order valence-electron chi connectivity index (χ3n) is 3.30. The zero-order chi connectivity index (χ0) is 13.0. The molecule has 4 rings (SSSR count). The number of nitrogens with zero attached hydrogens (tertiary/aromatic N) is 4. The summed E-state index contributed by atoms with van der Waals surface area (Å²) in [5.41, 5.74) is 6.66. The van der Waals surface area contributed by atoms with E-state index in [-0.39, 0.29) is 11.8 Å². The number of para-hydroxylation sites is 1. The van der Waals surface area contributed by atoms with Crippen LogP contribution < -0.4 is 5.73 Å². The van der Waals surface area contributed by atoms with Gasteiger partial charge < -0.3 is 10.3 Å². The zero-order valence-corrected chi connectivity index (χ0v) is 9.97. The van der Waals surface area contributed by atoms with Crippen molar-refractivity contribution in [2.24, 2.45) is 0 Å². The highest BCUT2D eigenvalue weighted by atomic mass is 19.1. The van der Waals surface area contributed by atoms with E-state index < -0.39 is 0 Å². The highest BCUT2D eigenvalue weighted by Gasteiger charge is 2.30. The predicted molar refractivity (Wildman–Crippen MR) is 67.8 cm³/mol. The number of nitrogens with two attached hydrogens (primary N) is 1. The van der Waals surface area contributed by atoms with Gasteiger partial charge in [0.25, 0.3) is 0 Å². The topological polar surface area (TPSA) is 85.4 Å². The molecule has 0 radical (unpaired) electrons. The number of hydrogen-bond acceptors (Lipinski definition) is 4. The molecule has 0 atom stereocenters. The highest BCUT2D eigenvalue weighted by molar-refractivity contribution is 5.80. The molecule has 96 valence electrons.